The van der Waals surface area contributed by atoms with Crippen molar-refractivity contribution >= 4 is 23.5 Å². The Morgan fingerprint density at radius 3 is 2.38 bits per heavy atom. The molecule has 0 saturated carbocycles. The Hall–Kier alpha value is -2.63. The number of carbonyl (C=O) groups excluding carboxylic acids is 3. The first kappa shape index (κ1) is 16.2. The van der Waals surface area contributed by atoms with Crippen LogP contribution in [0.4, 0.5) is 5.69 Å². The first-order valence-corrected chi connectivity index (χ1v) is 7.87. The van der Waals surface area contributed by atoms with Crippen LogP contribution in [0.2, 0.25) is 0 Å². The second-order valence-electron chi connectivity index (χ2n) is 6.01. The van der Waals surface area contributed by atoms with Crippen molar-refractivity contribution in [2.45, 2.75) is 32.5 Å². The highest BCUT2D eigenvalue weighted by molar-refractivity contribution is 6.00. The Bertz CT molecular complexity index is 697. The molecule has 1 aromatic carbocycles. The second kappa shape index (κ2) is 6.47. The lowest BCUT2D eigenvalue weighted by Crippen LogP contribution is -2.39. The lowest BCUT2D eigenvalue weighted by atomic mass is 9.86. The first-order valence-electron chi connectivity index (χ1n) is 7.87. The number of nitrogens with zero attached hydrogens (tertiary/aromatic N) is 1. The smallest absolute Gasteiger partial charge is 0.303 e. The molecule has 1 heterocycles. The van der Waals surface area contributed by atoms with Gasteiger partial charge in [-0.15, -0.1) is 0 Å². The molecule has 2 aliphatic rings. The minimum absolute atomic E-state index is 0.0223. The van der Waals surface area contributed by atoms with Crippen molar-refractivity contribution in [3.05, 3.63) is 42.0 Å². The number of anilines is 1. The molecule has 0 aromatic heterocycles. The monoisotopic (exact) mass is 329 g/mol. The van der Waals surface area contributed by atoms with Crippen LogP contribution >= 0.6 is 0 Å². The molecular formula is C18H19NO5. The molecule has 0 N–H and O–H groups in total. The maximum atomic E-state index is 12.7. The standard InChI is InChI=1S/C18H19NO5/c1-11(20)23-16-8-13-10-19(14-6-4-3-5-7-14)18(22)15(13)9-17(16)24-12(2)21/h3-8,15-17H,9-10H2,1-2H3. The van der Waals surface area contributed by atoms with E-state index in [1.165, 1.54) is 13.8 Å². The summed E-state index contributed by atoms with van der Waals surface area (Å²) in [4.78, 5) is 37.1. The SMILES string of the molecule is CC(=O)OC1C=C2CN(c3ccccc3)C(=O)C2CC1OC(C)=O. The lowest BCUT2D eigenvalue weighted by Gasteiger charge is -2.30. The van der Waals surface area contributed by atoms with Gasteiger partial charge in [-0.2, -0.15) is 0 Å². The number of carbonyl (C=O) groups is 3. The van der Waals surface area contributed by atoms with E-state index in [4.69, 9.17) is 9.47 Å². The summed E-state index contributed by atoms with van der Waals surface area (Å²) in [6.45, 7) is 3.07. The zero-order valence-corrected chi connectivity index (χ0v) is 13.6. The van der Waals surface area contributed by atoms with Crippen molar-refractivity contribution in [1.29, 1.82) is 0 Å². The fraction of sp³-hybridized carbons (Fsp3) is 0.389. The number of amides is 1. The summed E-state index contributed by atoms with van der Waals surface area (Å²) in [6.07, 6.45) is 0.788. The van der Waals surface area contributed by atoms with E-state index in [1.54, 1.807) is 11.0 Å². The maximum absolute atomic E-state index is 12.7. The quantitative estimate of drug-likeness (QED) is 0.625. The van der Waals surface area contributed by atoms with Gasteiger partial charge in [-0.05, 0) is 23.8 Å². The molecule has 0 radical (unpaired) electrons. The minimum Gasteiger partial charge on any atom is -0.458 e. The molecule has 1 fully saturated rings. The molecule has 1 aromatic rings. The van der Waals surface area contributed by atoms with Crippen LogP contribution in [0.1, 0.15) is 20.3 Å². The van der Waals surface area contributed by atoms with E-state index in [1.807, 2.05) is 30.3 Å². The van der Waals surface area contributed by atoms with Crippen LogP contribution < -0.4 is 4.90 Å². The van der Waals surface area contributed by atoms with E-state index >= 15 is 0 Å². The summed E-state index contributed by atoms with van der Waals surface area (Å²) in [5.74, 6) is -1.27. The van der Waals surface area contributed by atoms with Gasteiger partial charge < -0.3 is 14.4 Å². The van der Waals surface area contributed by atoms with Gasteiger partial charge in [0.05, 0.1) is 5.92 Å². The van der Waals surface area contributed by atoms with E-state index in [2.05, 4.69) is 0 Å². The average Bonchev–Trinajstić information content (AvgIpc) is 2.84. The summed E-state index contributed by atoms with van der Waals surface area (Å²) in [5.41, 5.74) is 1.73. The number of para-hydroxylation sites is 1. The highest BCUT2D eigenvalue weighted by Gasteiger charge is 2.44. The fourth-order valence-electron chi connectivity index (χ4n) is 3.28. The molecule has 0 spiro atoms. The molecule has 1 saturated heterocycles. The van der Waals surface area contributed by atoms with Gasteiger partial charge in [-0.3, -0.25) is 14.4 Å². The molecule has 6 nitrogen and oxygen atoms in total. The van der Waals surface area contributed by atoms with Crippen LogP contribution in [-0.2, 0) is 23.9 Å². The van der Waals surface area contributed by atoms with E-state index in [9.17, 15) is 14.4 Å². The van der Waals surface area contributed by atoms with Crippen molar-refractivity contribution in [2.75, 3.05) is 11.4 Å². The molecule has 1 aliphatic carbocycles. The normalized spacial score (nSPS) is 25.8. The third-order valence-corrected chi connectivity index (χ3v) is 4.25. The predicted molar refractivity (Wildman–Crippen MR) is 86.1 cm³/mol. The highest BCUT2D eigenvalue weighted by atomic mass is 16.6. The zero-order chi connectivity index (χ0) is 17.3. The van der Waals surface area contributed by atoms with Gasteiger partial charge in [-0.25, -0.2) is 0 Å². The molecular weight excluding hydrogens is 310 g/mol. The molecule has 3 atom stereocenters. The first-order chi connectivity index (χ1) is 11.5. The fourth-order valence-corrected chi connectivity index (χ4v) is 3.28. The summed E-state index contributed by atoms with van der Waals surface area (Å²) >= 11 is 0. The second-order valence-corrected chi connectivity index (χ2v) is 6.01. The Labute approximate surface area is 140 Å². The van der Waals surface area contributed by atoms with E-state index in [0.29, 0.717) is 13.0 Å². The van der Waals surface area contributed by atoms with Gasteiger partial charge in [0.15, 0.2) is 6.10 Å². The molecule has 0 bridgehead atoms. The summed E-state index contributed by atoms with van der Waals surface area (Å²) in [5, 5.41) is 0. The van der Waals surface area contributed by atoms with Crippen molar-refractivity contribution in [3.63, 3.8) is 0 Å². The Kier molecular flexibility index (Phi) is 4.38. The van der Waals surface area contributed by atoms with Gasteiger partial charge in [0.2, 0.25) is 5.91 Å². The van der Waals surface area contributed by atoms with Gasteiger partial charge in [-0.1, -0.05) is 18.2 Å². The highest BCUT2D eigenvalue weighted by Crippen LogP contribution is 2.37. The average molecular weight is 329 g/mol. The zero-order valence-electron chi connectivity index (χ0n) is 13.6. The van der Waals surface area contributed by atoms with Crippen molar-refractivity contribution in [2.24, 2.45) is 5.92 Å². The van der Waals surface area contributed by atoms with Gasteiger partial charge in [0.25, 0.3) is 0 Å². The minimum atomic E-state index is -0.652. The summed E-state index contributed by atoms with van der Waals surface area (Å²) in [6, 6.07) is 9.40. The van der Waals surface area contributed by atoms with Crippen LogP contribution in [0.3, 0.4) is 0 Å². The molecule has 3 unspecified atom stereocenters. The predicted octanol–water partition coefficient (Wildman–Crippen LogP) is 1.84. The van der Waals surface area contributed by atoms with Crippen molar-refractivity contribution in [1.82, 2.24) is 0 Å². The van der Waals surface area contributed by atoms with Crippen LogP contribution in [0.25, 0.3) is 0 Å². The van der Waals surface area contributed by atoms with E-state index < -0.39 is 24.1 Å². The van der Waals surface area contributed by atoms with Gasteiger partial charge in [0.1, 0.15) is 6.10 Å². The lowest BCUT2D eigenvalue weighted by molar-refractivity contribution is -0.163. The third kappa shape index (κ3) is 3.18. The molecule has 1 aliphatic heterocycles. The Morgan fingerprint density at radius 1 is 1.08 bits per heavy atom. The molecule has 6 heteroatoms. The molecule has 126 valence electrons. The van der Waals surface area contributed by atoms with Gasteiger partial charge in [0, 0.05) is 32.5 Å². The van der Waals surface area contributed by atoms with Crippen LogP contribution in [-0.4, -0.2) is 36.6 Å². The van der Waals surface area contributed by atoms with Crippen molar-refractivity contribution < 1.29 is 23.9 Å². The number of hydrogen-bond donors (Lipinski definition) is 0. The number of esters is 2. The molecule has 24 heavy (non-hydrogen) atoms. The van der Waals surface area contributed by atoms with Crippen LogP contribution in [0, 0.1) is 5.92 Å². The maximum Gasteiger partial charge on any atom is 0.303 e. The molecule has 3 rings (SSSR count). The Morgan fingerprint density at radius 2 is 1.75 bits per heavy atom. The largest absolute Gasteiger partial charge is 0.458 e. The molecule has 1 amide bonds. The number of ether oxygens (including phenoxy) is 2. The van der Waals surface area contributed by atoms with E-state index in [-0.39, 0.29) is 11.8 Å². The van der Waals surface area contributed by atoms with E-state index in [0.717, 1.165) is 11.3 Å². The van der Waals surface area contributed by atoms with Crippen LogP contribution in [0.5, 0.6) is 0 Å². The summed E-state index contributed by atoms with van der Waals surface area (Å²) in [7, 11) is 0. The number of fused-ring (bicyclic) bond motifs is 1. The number of benzene rings is 1. The summed E-state index contributed by atoms with van der Waals surface area (Å²) < 4.78 is 10.5. The van der Waals surface area contributed by atoms with Crippen LogP contribution in [0.15, 0.2) is 42.0 Å². The number of hydrogen-bond acceptors (Lipinski definition) is 5. The topological polar surface area (TPSA) is 72.9 Å². The third-order valence-electron chi connectivity index (χ3n) is 4.25. The van der Waals surface area contributed by atoms with Gasteiger partial charge >= 0.3 is 11.9 Å². The number of rotatable bonds is 3. The Balaban J connectivity index is 1.87. The van der Waals surface area contributed by atoms with Crippen molar-refractivity contribution in [3.8, 4) is 0 Å².